The van der Waals surface area contributed by atoms with Crippen LogP contribution in [0.4, 0.5) is 5.69 Å². The van der Waals surface area contributed by atoms with E-state index in [0.29, 0.717) is 0 Å². The smallest absolute Gasteiger partial charge is 0.0340 e. The number of rotatable bonds is 5. The van der Waals surface area contributed by atoms with Crippen molar-refractivity contribution in [3.8, 4) is 0 Å². The Balaban J connectivity index is 1.45. The summed E-state index contributed by atoms with van der Waals surface area (Å²) in [6.45, 7) is 7.27. The van der Waals surface area contributed by atoms with E-state index in [1.54, 1.807) is 0 Å². The molecule has 0 aliphatic carbocycles. The highest BCUT2D eigenvalue weighted by Crippen LogP contribution is 2.18. The van der Waals surface area contributed by atoms with Crippen LogP contribution in [0.5, 0.6) is 0 Å². The lowest BCUT2D eigenvalue weighted by atomic mass is 9.98. The summed E-state index contributed by atoms with van der Waals surface area (Å²) in [7, 11) is 2.24. The summed E-state index contributed by atoms with van der Waals surface area (Å²) in [5.74, 6) is 0.799. The van der Waals surface area contributed by atoms with Crippen LogP contribution in [-0.4, -0.2) is 49.6 Å². The van der Waals surface area contributed by atoms with Gasteiger partial charge in [-0.25, -0.2) is 0 Å². The normalized spacial score (nSPS) is 24.3. The van der Waals surface area contributed by atoms with E-state index in [-0.39, 0.29) is 0 Å². The van der Waals surface area contributed by atoms with Gasteiger partial charge in [0.25, 0.3) is 0 Å². The first-order valence-corrected chi connectivity index (χ1v) is 8.53. The summed E-state index contributed by atoms with van der Waals surface area (Å²) in [5.41, 5.74) is 2.72. The molecule has 2 fully saturated rings. The molecular weight excluding hydrogens is 258 g/mol. The summed E-state index contributed by atoms with van der Waals surface area (Å²) < 4.78 is 0. The molecule has 1 unspecified atom stereocenters. The number of hydrogen-bond donors (Lipinski definition) is 1. The molecule has 0 amide bonds. The molecular formula is C18H29N3. The van der Waals surface area contributed by atoms with Crippen molar-refractivity contribution >= 4 is 5.69 Å². The number of benzene rings is 1. The Morgan fingerprint density at radius 1 is 1.05 bits per heavy atom. The molecule has 2 aliphatic rings. The first-order chi connectivity index (χ1) is 10.3. The maximum absolute atomic E-state index is 3.62. The maximum atomic E-state index is 3.62. The van der Waals surface area contributed by atoms with Crippen LogP contribution in [0.25, 0.3) is 0 Å². The van der Waals surface area contributed by atoms with E-state index >= 15 is 0 Å². The quantitative estimate of drug-likeness (QED) is 0.898. The average Bonchev–Trinajstić information content (AvgIpc) is 3.00. The zero-order chi connectivity index (χ0) is 14.5. The van der Waals surface area contributed by atoms with Gasteiger partial charge in [-0.05, 0) is 76.0 Å². The van der Waals surface area contributed by atoms with Gasteiger partial charge in [-0.15, -0.1) is 0 Å². The van der Waals surface area contributed by atoms with E-state index in [1.165, 1.54) is 63.1 Å². The number of likely N-dealkylation sites (tertiary alicyclic amines) is 2. The molecule has 2 saturated heterocycles. The molecule has 1 N–H and O–H groups in total. The number of hydrogen-bond acceptors (Lipinski definition) is 3. The molecule has 3 nitrogen and oxygen atoms in total. The third-order valence-corrected chi connectivity index (χ3v) is 4.88. The average molecular weight is 287 g/mol. The Labute approximate surface area is 129 Å². The fourth-order valence-electron chi connectivity index (χ4n) is 3.63. The second-order valence-corrected chi connectivity index (χ2v) is 6.83. The van der Waals surface area contributed by atoms with Gasteiger partial charge in [0, 0.05) is 25.3 Å². The van der Waals surface area contributed by atoms with Crippen molar-refractivity contribution < 1.29 is 0 Å². The summed E-state index contributed by atoms with van der Waals surface area (Å²) in [4.78, 5) is 5.01. The second kappa shape index (κ2) is 7.28. The van der Waals surface area contributed by atoms with Gasteiger partial charge >= 0.3 is 0 Å². The third-order valence-electron chi connectivity index (χ3n) is 4.88. The predicted octanol–water partition coefficient (Wildman–Crippen LogP) is 3.04. The highest BCUT2D eigenvalue weighted by Gasteiger charge is 2.16. The second-order valence-electron chi connectivity index (χ2n) is 6.83. The lowest BCUT2D eigenvalue weighted by Gasteiger charge is -2.30. The van der Waals surface area contributed by atoms with E-state index < -0.39 is 0 Å². The van der Waals surface area contributed by atoms with Crippen molar-refractivity contribution in [2.75, 3.05) is 45.1 Å². The molecule has 1 atom stereocenters. The van der Waals surface area contributed by atoms with Crippen molar-refractivity contribution in [2.45, 2.75) is 32.2 Å². The highest BCUT2D eigenvalue weighted by molar-refractivity contribution is 5.44. The van der Waals surface area contributed by atoms with E-state index in [4.69, 9.17) is 0 Å². The van der Waals surface area contributed by atoms with Crippen molar-refractivity contribution in [3.63, 3.8) is 0 Å². The van der Waals surface area contributed by atoms with Crippen molar-refractivity contribution in [3.05, 3.63) is 29.8 Å². The van der Waals surface area contributed by atoms with Gasteiger partial charge in [0.2, 0.25) is 0 Å². The van der Waals surface area contributed by atoms with Gasteiger partial charge in [-0.3, -0.25) is 4.90 Å². The van der Waals surface area contributed by atoms with Gasteiger partial charge in [0.15, 0.2) is 0 Å². The molecule has 0 radical (unpaired) electrons. The molecule has 116 valence electrons. The van der Waals surface area contributed by atoms with E-state index in [9.17, 15) is 0 Å². The van der Waals surface area contributed by atoms with E-state index in [2.05, 4.69) is 46.4 Å². The molecule has 21 heavy (non-hydrogen) atoms. The van der Waals surface area contributed by atoms with Gasteiger partial charge in [0.1, 0.15) is 0 Å². The molecule has 0 spiro atoms. The van der Waals surface area contributed by atoms with Gasteiger partial charge in [-0.2, -0.15) is 0 Å². The van der Waals surface area contributed by atoms with Crippen LogP contribution in [0.3, 0.4) is 0 Å². The van der Waals surface area contributed by atoms with Crippen LogP contribution in [0.1, 0.15) is 31.2 Å². The summed E-state index contributed by atoms with van der Waals surface area (Å²) >= 11 is 0. The minimum Gasteiger partial charge on any atom is -0.385 e. The largest absolute Gasteiger partial charge is 0.385 e. The molecule has 3 rings (SSSR count). The minimum atomic E-state index is 0.799. The number of nitrogens with zero attached hydrogens (tertiary/aromatic N) is 2. The summed E-state index contributed by atoms with van der Waals surface area (Å²) in [6, 6.07) is 9.07. The number of anilines is 1. The Morgan fingerprint density at radius 2 is 1.81 bits per heavy atom. The highest BCUT2D eigenvalue weighted by atomic mass is 15.1. The maximum Gasteiger partial charge on any atom is 0.0340 e. The Morgan fingerprint density at radius 3 is 2.52 bits per heavy atom. The third kappa shape index (κ3) is 4.45. The molecule has 1 aromatic rings. The van der Waals surface area contributed by atoms with Crippen molar-refractivity contribution in [1.29, 1.82) is 0 Å². The topological polar surface area (TPSA) is 18.5 Å². The van der Waals surface area contributed by atoms with Gasteiger partial charge in [0.05, 0.1) is 0 Å². The van der Waals surface area contributed by atoms with Crippen LogP contribution in [0, 0.1) is 5.92 Å². The number of nitrogens with one attached hydrogen (secondary N) is 1. The lowest BCUT2D eigenvalue weighted by molar-refractivity contribution is 0.217. The first kappa shape index (κ1) is 14.9. The first-order valence-electron chi connectivity index (χ1n) is 8.53. The van der Waals surface area contributed by atoms with Crippen molar-refractivity contribution in [2.24, 2.45) is 5.92 Å². The molecule has 2 aliphatic heterocycles. The van der Waals surface area contributed by atoms with Crippen LogP contribution >= 0.6 is 0 Å². The SMILES string of the molecule is CN1CCCC(CNc2ccc(CN3CCCC3)cc2)C1. The fourth-order valence-corrected chi connectivity index (χ4v) is 3.63. The molecule has 0 saturated carbocycles. The summed E-state index contributed by atoms with van der Waals surface area (Å²) in [6.07, 6.45) is 5.45. The molecule has 2 heterocycles. The zero-order valence-electron chi connectivity index (χ0n) is 13.4. The van der Waals surface area contributed by atoms with Crippen LogP contribution < -0.4 is 5.32 Å². The molecule has 0 bridgehead atoms. The standard InChI is InChI=1S/C18H29N3/c1-20-10-4-5-17(14-20)13-19-18-8-6-16(7-9-18)15-21-11-2-3-12-21/h6-9,17,19H,2-5,10-15H2,1H3. The fraction of sp³-hybridized carbons (Fsp3) is 0.667. The van der Waals surface area contributed by atoms with Crippen molar-refractivity contribution in [1.82, 2.24) is 9.80 Å². The van der Waals surface area contributed by atoms with Gasteiger partial charge in [-0.1, -0.05) is 12.1 Å². The molecule has 1 aromatic carbocycles. The van der Waals surface area contributed by atoms with Crippen LogP contribution in [0.15, 0.2) is 24.3 Å². The number of piperidine rings is 1. The van der Waals surface area contributed by atoms with E-state index in [1.807, 2.05) is 0 Å². The van der Waals surface area contributed by atoms with Crippen LogP contribution in [0.2, 0.25) is 0 Å². The Kier molecular flexibility index (Phi) is 5.15. The predicted molar refractivity (Wildman–Crippen MR) is 89.7 cm³/mol. The monoisotopic (exact) mass is 287 g/mol. The summed E-state index contributed by atoms with van der Waals surface area (Å²) in [5, 5.41) is 3.62. The Bertz CT molecular complexity index is 423. The van der Waals surface area contributed by atoms with Gasteiger partial charge < -0.3 is 10.2 Å². The molecule has 3 heteroatoms. The van der Waals surface area contributed by atoms with E-state index in [0.717, 1.165) is 19.0 Å². The Hall–Kier alpha value is -1.06. The minimum absolute atomic E-state index is 0.799. The lowest BCUT2D eigenvalue weighted by Crippen LogP contribution is -2.35. The molecule has 0 aromatic heterocycles. The van der Waals surface area contributed by atoms with Crippen LogP contribution in [-0.2, 0) is 6.54 Å². The zero-order valence-corrected chi connectivity index (χ0v) is 13.4.